The van der Waals surface area contributed by atoms with E-state index in [1.807, 2.05) is 6.07 Å². The number of anilines is 1. The predicted molar refractivity (Wildman–Crippen MR) is 75.0 cm³/mol. The van der Waals surface area contributed by atoms with E-state index in [0.29, 0.717) is 5.69 Å². The minimum atomic E-state index is -0.834. The average molecular weight is 268 g/mol. The van der Waals surface area contributed by atoms with Crippen molar-refractivity contribution in [1.29, 1.82) is 0 Å². The number of amides is 2. The number of hydrogen-bond acceptors (Lipinski definition) is 4. The molecule has 0 bridgehead atoms. The Kier molecular flexibility index (Phi) is 4.55. The number of rotatable bonds is 3. The Morgan fingerprint density at radius 1 is 1.00 bits per heavy atom. The number of aromatic nitrogens is 1. The molecule has 6 nitrogen and oxygen atoms in total. The Morgan fingerprint density at radius 2 is 1.70 bits per heavy atom. The van der Waals surface area contributed by atoms with Crippen molar-refractivity contribution >= 4 is 23.7 Å². The summed E-state index contributed by atoms with van der Waals surface area (Å²) in [6.45, 7) is 0. The zero-order chi connectivity index (χ0) is 14.2. The minimum Gasteiger partial charge on any atom is -0.318 e. The molecule has 0 saturated carbocycles. The van der Waals surface area contributed by atoms with E-state index in [4.69, 9.17) is 0 Å². The van der Waals surface area contributed by atoms with Crippen molar-refractivity contribution in [1.82, 2.24) is 10.4 Å². The van der Waals surface area contributed by atoms with Gasteiger partial charge in [-0.1, -0.05) is 18.2 Å². The summed E-state index contributed by atoms with van der Waals surface area (Å²) in [5.74, 6) is -1.61. The molecule has 0 fully saturated rings. The summed E-state index contributed by atoms with van der Waals surface area (Å²) in [6.07, 6.45) is 4.63. The summed E-state index contributed by atoms with van der Waals surface area (Å²) >= 11 is 0. The van der Waals surface area contributed by atoms with E-state index in [0.717, 1.165) is 5.56 Å². The van der Waals surface area contributed by atoms with Gasteiger partial charge in [-0.25, -0.2) is 5.43 Å². The van der Waals surface area contributed by atoms with E-state index in [1.165, 1.54) is 6.21 Å². The third-order valence-corrected chi connectivity index (χ3v) is 2.32. The van der Waals surface area contributed by atoms with Crippen molar-refractivity contribution in [3.63, 3.8) is 0 Å². The molecule has 20 heavy (non-hydrogen) atoms. The average Bonchev–Trinajstić information content (AvgIpc) is 2.49. The number of nitrogens with zero attached hydrogens (tertiary/aromatic N) is 2. The maximum Gasteiger partial charge on any atom is 0.329 e. The van der Waals surface area contributed by atoms with Gasteiger partial charge in [0.25, 0.3) is 0 Å². The molecule has 1 aromatic carbocycles. The van der Waals surface area contributed by atoms with Crippen molar-refractivity contribution in [2.75, 3.05) is 5.32 Å². The SMILES string of the molecule is O=C(NN=Cc1ccncc1)C(=O)Nc1ccccc1. The summed E-state index contributed by atoms with van der Waals surface area (Å²) in [5, 5.41) is 6.15. The number of hydrazone groups is 1. The molecule has 2 amide bonds. The van der Waals surface area contributed by atoms with Gasteiger partial charge in [0.1, 0.15) is 0 Å². The molecule has 1 aromatic heterocycles. The first-order chi connectivity index (χ1) is 9.75. The van der Waals surface area contributed by atoms with Crippen LogP contribution in [0, 0.1) is 0 Å². The second-order valence-corrected chi connectivity index (χ2v) is 3.80. The van der Waals surface area contributed by atoms with Gasteiger partial charge in [-0.3, -0.25) is 14.6 Å². The first-order valence-corrected chi connectivity index (χ1v) is 5.85. The quantitative estimate of drug-likeness (QED) is 0.498. The highest BCUT2D eigenvalue weighted by molar-refractivity contribution is 6.39. The normalized spacial score (nSPS) is 10.2. The van der Waals surface area contributed by atoms with Crippen molar-refractivity contribution in [3.05, 3.63) is 60.4 Å². The van der Waals surface area contributed by atoms with Crippen LogP contribution >= 0.6 is 0 Å². The van der Waals surface area contributed by atoms with Crippen LogP contribution in [-0.4, -0.2) is 23.0 Å². The zero-order valence-electron chi connectivity index (χ0n) is 10.5. The molecule has 0 radical (unpaired) electrons. The van der Waals surface area contributed by atoms with E-state index >= 15 is 0 Å². The Bertz CT molecular complexity index is 612. The van der Waals surface area contributed by atoms with Crippen molar-refractivity contribution in [3.8, 4) is 0 Å². The van der Waals surface area contributed by atoms with Crippen LogP contribution in [0.4, 0.5) is 5.69 Å². The molecule has 0 saturated heterocycles. The third kappa shape index (κ3) is 4.02. The largest absolute Gasteiger partial charge is 0.329 e. The topological polar surface area (TPSA) is 83.5 Å². The van der Waals surface area contributed by atoms with Crippen LogP contribution in [0.1, 0.15) is 5.56 Å². The highest BCUT2D eigenvalue weighted by Gasteiger charge is 2.12. The fraction of sp³-hybridized carbons (Fsp3) is 0. The molecule has 1 heterocycles. The standard InChI is InChI=1S/C14H12N4O2/c19-13(17-12-4-2-1-3-5-12)14(20)18-16-10-11-6-8-15-9-7-11/h1-10H,(H,17,19)(H,18,20). The molecule has 0 aliphatic carbocycles. The predicted octanol–water partition coefficient (Wildman–Crippen LogP) is 1.17. The van der Waals surface area contributed by atoms with Gasteiger partial charge in [0.2, 0.25) is 0 Å². The van der Waals surface area contributed by atoms with Crippen LogP contribution in [0.25, 0.3) is 0 Å². The molecule has 2 aromatic rings. The van der Waals surface area contributed by atoms with Crippen LogP contribution in [0.15, 0.2) is 60.0 Å². The number of para-hydroxylation sites is 1. The molecular weight excluding hydrogens is 256 g/mol. The van der Waals surface area contributed by atoms with Gasteiger partial charge in [0, 0.05) is 18.1 Å². The van der Waals surface area contributed by atoms with Crippen molar-refractivity contribution in [2.24, 2.45) is 5.10 Å². The van der Waals surface area contributed by atoms with Gasteiger partial charge in [-0.05, 0) is 29.8 Å². The molecule has 0 aliphatic rings. The number of carbonyl (C=O) groups excluding carboxylic acids is 2. The molecule has 0 spiro atoms. The van der Waals surface area contributed by atoms with Crippen molar-refractivity contribution in [2.45, 2.75) is 0 Å². The number of benzene rings is 1. The van der Waals surface area contributed by atoms with Crippen molar-refractivity contribution < 1.29 is 9.59 Å². The van der Waals surface area contributed by atoms with E-state index < -0.39 is 11.8 Å². The molecular formula is C14H12N4O2. The zero-order valence-corrected chi connectivity index (χ0v) is 10.5. The summed E-state index contributed by atoms with van der Waals surface area (Å²) in [7, 11) is 0. The Hall–Kier alpha value is -3.02. The van der Waals surface area contributed by atoms with Gasteiger partial charge in [-0.15, -0.1) is 0 Å². The van der Waals surface area contributed by atoms with Crippen LogP contribution in [0.3, 0.4) is 0 Å². The summed E-state index contributed by atoms with van der Waals surface area (Å²) in [4.78, 5) is 26.9. The lowest BCUT2D eigenvalue weighted by Gasteiger charge is -2.02. The molecule has 100 valence electrons. The molecule has 0 unspecified atom stereocenters. The van der Waals surface area contributed by atoms with Crippen LogP contribution in [-0.2, 0) is 9.59 Å². The Morgan fingerprint density at radius 3 is 2.40 bits per heavy atom. The van der Waals surface area contributed by atoms with E-state index in [-0.39, 0.29) is 0 Å². The minimum absolute atomic E-state index is 0.547. The second kappa shape index (κ2) is 6.79. The third-order valence-electron chi connectivity index (χ3n) is 2.32. The lowest BCUT2D eigenvalue weighted by Crippen LogP contribution is -2.32. The number of pyridine rings is 1. The molecule has 2 rings (SSSR count). The first kappa shape index (κ1) is 13.4. The fourth-order valence-electron chi connectivity index (χ4n) is 1.38. The van der Waals surface area contributed by atoms with Gasteiger partial charge < -0.3 is 5.32 Å². The summed E-state index contributed by atoms with van der Waals surface area (Å²) < 4.78 is 0. The van der Waals surface area contributed by atoms with Gasteiger partial charge in [0.15, 0.2) is 0 Å². The van der Waals surface area contributed by atoms with Crippen LogP contribution < -0.4 is 10.7 Å². The molecule has 6 heteroatoms. The smallest absolute Gasteiger partial charge is 0.318 e. The van der Waals surface area contributed by atoms with Gasteiger partial charge in [-0.2, -0.15) is 5.10 Å². The highest BCUT2D eigenvalue weighted by atomic mass is 16.2. The van der Waals surface area contributed by atoms with Crippen LogP contribution in [0.2, 0.25) is 0 Å². The number of carbonyl (C=O) groups is 2. The molecule has 0 aliphatic heterocycles. The fourth-order valence-corrected chi connectivity index (χ4v) is 1.38. The number of nitrogens with one attached hydrogen (secondary N) is 2. The maximum absolute atomic E-state index is 11.5. The summed E-state index contributed by atoms with van der Waals surface area (Å²) in [6, 6.07) is 12.1. The van der Waals surface area contributed by atoms with E-state index in [2.05, 4.69) is 20.8 Å². The monoisotopic (exact) mass is 268 g/mol. The maximum atomic E-state index is 11.5. The molecule has 0 atom stereocenters. The van der Waals surface area contributed by atoms with Gasteiger partial charge >= 0.3 is 11.8 Å². The van der Waals surface area contributed by atoms with E-state index in [1.54, 1.807) is 48.8 Å². The second-order valence-electron chi connectivity index (χ2n) is 3.80. The Balaban J connectivity index is 1.86. The Labute approximate surface area is 115 Å². The first-order valence-electron chi connectivity index (χ1n) is 5.85. The van der Waals surface area contributed by atoms with Crippen LogP contribution in [0.5, 0.6) is 0 Å². The van der Waals surface area contributed by atoms with E-state index in [9.17, 15) is 9.59 Å². The highest BCUT2D eigenvalue weighted by Crippen LogP contribution is 2.04. The number of hydrogen-bond donors (Lipinski definition) is 2. The summed E-state index contributed by atoms with van der Waals surface area (Å²) in [5.41, 5.74) is 3.46. The van der Waals surface area contributed by atoms with Gasteiger partial charge in [0.05, 0.1) is 6.21 Å². The lowest BCUT2D eigenvalue weighted by molar-refractivity contribution is -0.136. The molecule has 2 N–H and O–H groups in total. The lowest BCUT2D eigenvalue weighted by atomic mass is 10.3.